The van der Waals surface area contributed by atoms with Gasteiger partial charge in [-0.1, -0.05) is 18.0 Å². The molecule has 0 bridgehead atoms. The lowest BCUT2D eigenvalue weighted by molar-refractivity contribution is -0.133. The molecule has 6 nitrogen and oxygen atoms in total. The molecule has 26 heavy (non-hydrogen) atoms. The summed E-state index contributed by atoms with van der Waals surface area (Å²) in [7, 11) is 0. The zero-order valence-electron chi connectivity index (χ0n) is 15.0. The number of hydrogen-bond donors (Lipinski definition) is 2. The second-order valence-corrected chi connectivity index (χ2v) is 7.62. The summed E-state index contributed by atoms with van der Waals surface area (Å²) in [5.41, 5.74) is 7.12. The molecule has 2 aliphatic rings. The van der Waals surface area contributed by atoms with Crippen molar-refractivity contribution in [3.63, 3.8) is 0 Å². The Labute approximate surface area is 159 Å². The van der Waals surface area contributed by atoms with Gasteiger partial charge in [0.2, 0.25) is 11.8 Å². The van der Waals surface area contributed by atoms with Crippen LogP contribution in [0.2, 0.25) is 5.02 Å². The van der Waals surface area contributed by atoms with Gasteiger partial charge < -0.3 is 20.9 Å². The fourth-order valence-electron chi connectivity index (χ4n) is 3.78. The minimum atomic E-state index is -0.0690. The zero-order chi connectivity index (χ0) is 18.5. The molecule has 1 aliphatic carbocycles. The molecule has 0 spiro atoms. The number of carbonyl (C=O) groups is 2. The zero-order valence-corrected chi connectivity index (χ0v) is 15.8. The van der Waals surface area contributed by atoms with Gasteiger partial charge in [-0.25, -0.2) is 0 Å². The van der Waals surface area contributed by atoms with Crippen LogP contribution in [0.15, 0.2) is 24.3 Å². The third kappa shape index (κ3) is 4.89. The second kappa shape index (κ2) is 8.73. The molecular formula is C19H27ClN4O2. The summed E-state index contributed by atoms with van der Waals surface area (Å²) in [6.07, 6.45) is 3.53. The number of hydrogen-bond acceptors (Lipinski definition) is 4. The summed E-state index contributed by atoms with van der Waals surface area (Å²) in [6, 6.07) is 7.86. The molecule has 7 heteroatoms. The van der Waals surface area contributed by atoms with Crippen molar-refractivity contribution in [3.8, 4) is 0 Å². The van der Waals surface area contributed by atoms with E-state index in [1.807, 2.05) is 29.2 Å². The standard InChI is InChI=1S/C19H27ClN4O2/c20-15-4-6-16(7-5-15)23-8-10-24(11-9-23)19(26)13-22-18(25)12-14-2-1-3-17(14)21/h4-7,14,17H,1-3,8-13,21H2,(H,22,25)/t14-,17+/m0/s1. The van der Waals surface area contributed by atoms with Gasteiger partial charge in [0, 0.05) is 49.4 Å². The van der Waals surface area contributed by atoms with Gasteiger partial charge in [-0.2, -0.15) is 0 Å². The predicted octanol–water partition coefficient (Wildman–Crippen LogP) is 1.62. The van der Waals surface area contributed by atoms with Crippen LogP contribution in [-0.2, 0) is 9.59 Å². The lowest BCUT2D eigenvalue weighted by Gasteiger charge is -2.36. The molecule has 2 fully saturated rings. The molecule has 1 saturated heterocycles. The predicted molar refractivity (Wildman–Crippen MR) is 103 cm³/mol. The number of carbonyl (C=O) groups excluding carboxylic acids is 2. The van der Waals surface area contributed by atoms with Crippen molar-refractivity contribution in [2.45, 2.75) is 31.7 Å². The first-order valence-corrected chi connectivity index (χ1v) is 9.71. The molecule has 2 amide bonds. The van der Waals surface area contributed by atoms with Crippen LogP contribution in [0.5, 0.6) is 0 Å². The van der Waals surface area contributed by atoms with Crippen molar-refractivity contribution in [1.82, 2.24) is 10.2 Å². The van der Waals surface area contributed by atoms with Crippen LogP contribution in [0, 0.1) is 5.92 Å². The maximum atomic E-state index is 12.3. The van der Waals surface area contributed by atoms with Crippen LogP contribution < -0.4 is 16.0 Å². The van der Waals surface area contributed by atoms with E-state index in [1.54, 1.807) is 0 Å². The van der Waals surface area contributed by atoms with Gasteiger partial charge in [-0.15, -0.1) is 0 Å². The summed E-state index contributed by atoms with van der Waals surface area (Å²) in [6.45, 7) is 2.94. The van der Waals surface area contributed by atoms with E-state index in [-0.39, 0.29) is 30.3 Å². The van der Waals surface area contributed by atoms with E-state index in [9.17, 15) is 9.59 Å². The minimum Gasteiger partial charge on any atom is -0.368 e. The molecule has 142 valence electrons. The van der Waals surface area contributed by atoms with Crippen LogP contribution in [-0.4, -0.2) is 55.5 Å². The number of anilines is 1. The van der Waals surface area contributed by atoms with Crippen molar-refractivity contribution in [1.29, 1.82) is 0 Å². The Morgan fingerprint density at radius 3 is 2.42 bits per heavy atom. The van der Waals surface area contributed by atoms with Gasteiger partial charge in [0.1, 0.15) is 0 Å². The van der Waals surface area contributed by atoms with E-state index in [0.717, 1.165) is 43.1 Å². The summed E-state index contributed by atoms with van der Waals surface area (Å²) >= 11 is 5.92. The van der Waals surface area contributed by atoms with Gasteiger partial charge in [-0.3, -0.25) is 9.59 Å². The van der Waals surface area contributed by atoms with E-state index in [0.29, 0.717) is 19.5 Å². The molecule has 1 aliphatic heterocycles. The van der Waals surface area contributed by atoms with Gasteiger partial charge in [0.15, 0.2) is 0 Å². The Kier molecular flexibility index (Phi) is 6.38. The third-order valence-electron chi connectivity index (χ3n) is 5.43. The average Bonchev–Trinajstić information content (AvgIpc) is 3.05. The van der Waals surface area contributed by atoms with Gasteiger partial charge in [0.05, 0.1) is 6.54 Å². The SMILES string of the molecule is N[C@@H]1CCC[C@H]1CC(=O)NCC(=O)N1CCN(c2ccc(Cl)cc2)CC1. The average molecular weight is 379 g/mol. The molecule has 0 aromatic heterocycles. The molecule has 1 aromatic carbocycles. The lowest BCUT2D eigenvalue weighted by atomic mass is 10.00. The van der Waals surface area contributed by atoms with E-state index >= 15 is 0 Å². The topological polar surface area (TPSA) is 78.7 Å². The molecule has 1 saturated carbocycles. The highest BCUT2D eigenvalue weighted by Crippen LogP contribution is 2.26. The summed E-state index contributed by atoms with van der Waals surface area (Å²) < 4.78 is 0. The van der Waals surface area contributed by atoms with Crippen LogP contribution in [0.1, 0.15) is 25.7 Å². The van der Waals surface area contributed by atoms with Crippen molar-refractivity contribution >= 4 is 29.1 Å². The first-order valence-electron chi connectivity index (χ1n) is 9.33. The van der Waals surface area contributed by atoms with Gasteiger partial charge in [0.25, 0.3) is 0 Å². The van der Waals surface area contributed by atoms with Crippen molar-refractivity contribution in [2.24, 2.45) is 11.7 Å². The Morgan fingerprint density at radius 1 is 1.12 bits per heavy atom. The van der Waals surface area contributed by atoms with Crippen LogP contribution in [0.4, 0.5) is 5.69 Å². The fraction of sp³-hybridized carbons (Fsp3) is 0.579. The maximum absolute atomic E-state index is 12.3. The number of benzene rings is 1. The van der Waals surface area contributed by atoms with E-state index in [1.165, 1.54) is 0 Å². The minimum absolute atomic E-state index is 0.0233. The quantitative estimate of drug-likeness (QED) is 0.816. The monoisotopic (exact) mass is 378 g/mol. The number of nitrogens with one attached hydrogen (secondary N) is 1. The summed E-state index contributed by atoms with van der Waals surface area (Å²) in [4.78, 5) is 28.4. The number of rotatable bonds is 5. The van der Waals surface area contributed by atoms with Gasteiger partial charge >= 0.3 is 0 Å². The van der Waals surface area contributed by atoms with E-state index < -0.39 is 0 Å². The van der Waals surface area contributed by atoms with Crippen molar-refractivity contribution < 1.29 is 9.59 Å². The number of nitrogens with zero attached hydrogens (tertiary/aromatic N) is 2. The normalized spacial score (nSPS) is 23.2. The highest BCUT2D eigenvalue weighted by molar-refractivity contribution is 6.30. The second-order valence-electron chi connectivity index (χ2n) is 7.18. The smallest absolute Gasteiger partial charge is 0.242 e. The number of amides is 2. The van der Waals surface area contributed by atoms with Crippen LogP contribution in [0.3, 0.4) is 0 Å². The van der Waals surface area contributed by atoms with Crippen LogP contribution in [0.25, 0.3) is 0 Å². The molecule has 1 aromatic rings. The maximum Gasteiger partial charge on any atom is 0.242 e. The van der Waals surface area contributed by atoms with Crippen molar-refractivity contribution in [2.75, 3.05) is 37.6 Å². The summed E-state index contributed by atoms with van der Waals surface area (Å²) in [5, 5.41) is 3.48. The molecule has 1 heterocycles. The molecular weight excluding hydrogens is 352 g/mol. The number of halogens is 1. The molecule has 0 radical (unpaired) electrons. The molecule has 3 N–H and O–H groups in total. The number of nitrogens with two attached hydrogens (primary N) is 1. The highest BCUT2D eigenvalue weighted by Gasteiger charge is 2.27. The number of piperazine rings is 1. The Balaban J connectivity index is 1.39. The highest BCUT2D eigenvalue weighted by atomic mass is 35.5. The molecule has 2 atom stereocenters. The molecule has 3 rings (SSSR count). The fourth-order valence-corrected chi connectivity index (χ4v) is 3.91. The van der Waals surface area contributed by atoms with Crippen molar-refractivity contribution in [3.05, 3.63) is 29.3 Å². The molecule has 0 unspecified atom stereocenters. The Morgan fingerprint density at radius 2 is 1.81 bits per heavy atom. The summed E-state index contributed by atoms with van der Waals surface area (Å²) in [5.74, 6) is 0.165. The van der Waals surface area contributed by atoms with Gasteiger partial charge in [-0.05, 0) is 43.0 Å². The van der Waals surface area contributed by atoms with E-state index in [4.69, 9.17) is 17.3 Å². The largest absolute Gasteiger partial charge is 0.368 e. The first kappa shape index (κ1) is 19.0. The third-order valence-corrected chi connectivity index (χ3v) is 5.68. The Hall–Kier alpha value is -1.79. The van der Waals surface area contributed by atoms with E-state index in [2.05, 4.69) is 10.2 Å². The first-order chi connectivity index (χ1) is 12.5. The Bertz CT molecular complexity index is 629. The van der Waals surface area contributed by atoms with Crippen LogP contribution >= 0.6 is 11.6 Å². The lowest BCUT2D eigenvalue weighted by Crippen LogP contribution is -2.51.